The van der Waals surface area contributed by atoms with Gasteiger partial charge in [-0.3, -0.25) is 4.90 Å². The topological polar surface area (TPSA) is 15.3 Å². The Balaban J connectivity index is 1.56. The van der Waals surface area contributed by atoms with E-state index in [2.05, 4.69) is 30.3 Å². The lowest BCUT2D eigenvalue weighted by Crippen LogP contribution is -2.36. The summed E-state index contributed by atoms with van der Waals surface area (Å²) in [5.41, 5.74) is 1.54. The molecule has 2 saturated carbocycles. The van der Waals surface area contributed by atoms with E-state index in [1.165, 1.54) is 41.9 Å². The Morgan fingerprint density at radius 2 is 2.11 bits per heavy atom. The zero-order chi connectivity index (χ0) is 12.5. The maximum absolute atomic E-state index is 3.61. The highest BCUT2D eigenvalue weighted by Gasteiger charge is 2.23. The SMILES string of the molecule is Cc1sc(CNC2CC2)cc1CN(C)C1CCC1. The van der Waals surface area contributed by atoms with Crippen LogP contribution in [-0.4, -0.2) is 24.0 Å². The average Bonchev–Trinajstić information content (AvgIpc) is 3.00. The van der Waals surface area contributed by atoms with Crippen LogP contribution in [0.5, 0.6) is 0 Å². The minimum Gasteiger partial charge on any atom is -0.309 e. The lowest BCUT2D eigenvalue weighted by atomic mass is 9.91. The van der Waals surface area contributed by atoms with Gasteiger partial charge in [-0.15, -0.1) is 11.3 Å². The maximum Gasteiger partial charge on any atom is 0.0302 e. The first kappa shape index (κ1) is 12.6. The van der Waals surface area contributed by atoms with Crippen LogP contribution in [0.1, 0.15) is 47.4 Å². The van der Waals surface area contributed by atoms with Gasteiger partial charge < -0.3 is 5.32 Å². The molecule has 1 aromatic heterocycles. The summed E-state index contributed by atoms with van der Waals surface area (Å²) in [6, 6.07) is 4.08. The highest BCUT2D eigenvalue weighted by Crippen LogP contribution is 2.28. The van der Waals surface area contributed by atoms with Crippen molar-refractivity contribution in [1.82, 2.24) is 10.2 Å². The van der Waals surface area contributed by atoms with Gasteiger partial charge in [0.2, 0.25) is 0 Å². The van der Waals surface area contributed by atoms with E-state index in [0.29, 0.717) is 0 Å². The van der Waals surface area contributed by atoms with Gasteiger partial charge in [-0.05, 0) is 51.3 Å². The van der Waals surface area contributed by atoms with Gasteiger partial charge in [-0.1, -0.05) is 6.42 Å². The summed E-state index contributed by atoms with van der Waals surface area (Å²) in [4.78, 5) is 5.56. The van der Waals surface area contributed by atoms with Crippen LogP contribution >= 0.6 is 11.3 Å². The van der Waals surface area contributed by atoms with Crippen molar-refractivity contribution in [3.63, 3.8) is 0 Å². The Kier molecular flexibility index (Phi) is 3.73. The number of rotatable bonds is 6. The fourth-order valence-corrected chi connectivity index (χ4v) is 3.59. The van der Waals surface area contributed by atoms with E-state index in [1.54, 1.807) is 5.56 Å². The molecule has 1 N–H and O–H groups in total. The number of nitrogens with zero attached hydrogens (tertiary/aromatic N) is 1. The molecule has 18 heavy (non-hydrogen) atoms. The Bertz CT molecular complexity index is 405. The molecule has 0 atom stereocenters. The van der Waals surface area contributed by atoms with Crippen LogP contribution in [0.4, 0.5) is 0 Å². The normalized spacial score (nSPS) is 20.4. The van der Waals surface area contributed by atoms with Crippen LogP contribution in [0.25, 0.3) is 0 Å². The van der Waals surface area contributed by atoms with Crippen LogP contribution < -0.4 is 5.32 Å². The van der Waals surface area contributed by atoms with Crippen molar-refractivity contribution < 1.29 is 0 Å². The Morgan fingerprint density at radius 3 is 2.72 bits per heavy atom. The van der Waals surface area contributed by atoms with E-state index < -0.39 is 0 Å². The first-order valence-electron chi connectivity index (χ1n) is 7.24. The van der Waals surface area contributed by atoms with Crippen LogP contribution in [0.3, 0.4) is 0 Å². The minimum atomic E-state index is 0.813. The third kappa shape index (κ3) is 2.95. The molecule has 0 saturated heterocycles. The van der Waals surface area contributed by atoms with Gasteiger partial charge in [0.25, 0.3) is 0 Å². The molecule has 2 aliphatic rings. The van der Waals surface area contributed by atoms with E-state index in [0.717, 1.165) is 25.2 Å². The van der Waals surface area contributed by atoms with Crippen molar-refractivity contribution in [1.29, 1.82) is 0 Å². The van der Waals surface area contributed by atoms with E-state index in [4.69, 9.17) is 0 Å². The highest BCUT2D eigenvalue weighted by atomic mass is 32.1. The van der Waals surface area contributed by atoms with E-state index in [9.17, 15) is 0 Å². The number of thiophene rings is 1. The molecule has 1 heterocycles. The highest BCUT2D eigenvalue weighted by molar-refractivity contribution is 7.12. The molecule has 0 spiro atoms. The molecular formula is C15H24N2S. The molecule has 0 amide bonds. The Hall–Kier alpha value is -0.380. The Morgan fingerprint density at radius 1 is 1.33 bits per heavy atom. The number of hydrogen-bond acceptors (Lipinski definition) is 3. The zero-order valence-corrected chi connectivity index (χ0v) is 12.4. The summed E-state index contributed by atoms with van der Waals surface area (Å²) in [6.07, 6.45) is 6.98. The summed E-state index contributed by atoms with van der Waals surface area (Å²) < 4.78 is 0. The first-order valence-corrected chi connectivity index (χ1v) is 8.06. The lowest BCUT2D eigenvalue weighted by molar-refractivity contribution is 0.152. The number of nitrogens with one attached hydrogen (secondary N) is 1. The maximum atomic E-state index is 3.61. The summed E-state index contributed by atoms with van der Waals surface area (Å²) in [5.74, 6) is 0. The predicted molar refractivity (Wildman–Crippen MR) is 78.0 cm³/mol. The van der Waals surface area contributed by atoms with Gasteiger partial charge in [0.1, 0.15) is 0 Å². The van der Waals surface area contributed by atoms with Crippen molar-refractivity contribution in [3.8, 4) is 0 Å². The summed E-state index contributed by atoms with van der Waals surface area (Å²) in [5, 5.41) is 3.61. The largest absolute Gasteiger partial charge is 0.309 e. The van der Waals surface area contributed by atoms with Crippen LogP contribution in [0, 0.1) is 6.92 Å². The fraction of sp³-hybridized carbons (Fsp3) is 0.733. The average molecular weight is 264 g/mol. The van der Waals surface area contributed by atoms with Crippen molar-refractivity contribution in [2.24, 2.45) is 0 Å². The van der Waals surface area contributed by atoms with E-state index in [-0.39, 0.29) is 0 Å². The first-order chi connectivity index (χ1) is 8.72. The fourth-order valence-electron chi connectivity index (χ4n) is 2.59. The molecule has 3 heteroatoms. The van der Waals surface area contributed by atoms with Crippen molar-refractivity contribution in [2.45, 2.75) is 64.2 Å². The predicted octanol–water partition coefficient (Wildman–Crippen LogP) is 3.29. The van der Waals surface area contributed by atoms with Crippen molar-refractivity contribution in [3.05, 3.63) is 21.4 Å². The van der Waals surface area contributed by atoms with Gasteiger partial charge in [-0.2, -0.15) is 0 Å². The second-order valence-corrected chi connectivity index (χ2v) is 7.29. The molecule has 0 radical (unpaired) electrons. The second kappa shape index (κ2) is 5.32. The van der Waals surface area contributed by atoms with Crippen molar-refractivity contribution in [2.75, 3.05) is 7.05 Å². The summed E-state index contributed by atoms with van der Waals surface area (Å²) in [6.45, 7) is 4.48. The second-order valence-electron chi connectivity index (χ2n) is 5.95. The number of aryl methyl sites for hydroxylation is 1. The van der Waals surface area contributed by atoms with Gasteiger partial charge in [0, 0.05) is 34.9 Å². The molecule has 100 valence electrons. The molecule has 0 aromatic carbocycles. The molecule has 2 aliphatic carbocycles. The lowest BCUT2D eigenvalue weighted by Gasteiger charge is -2.34. The van der Waals surface area contributed by atoms with Gasteiger partial charge >= 0.3 is 0 Å². The van der Waals surface area contributed by atoms with Gasteiger partial charge in [0.05, 0.1) is 0 Å². The van der Waals surface area contributed by atoms with Crippen LogP contribution in [0.2, 0.25) is 0 Å². The third-order valence-corrected chi connectivity index (χ3v) is 5.42. The van der Waals surface area contributed by atoms with Crippen LogP contribution in [0.15, 0.2) is 6.07 Å². The standard InChI is InChI=1S/C15H24N2S/c1-11-12(10-17(2)14-4-3-5-14)8-15(18-11)9-16-13-6-7-13/h8,13-14,16H,3-7,9-10H2,1-2H3. The smallest absolute Gasteiger partial charge is 0.0302 e. The van der Waals surface area contributed by atoms with Crippen molar-refractivity contribution >= 4 is 11.3 Å². The summed E-state index contributed by atoms with van der Waals surface area (Å²) in [7, 11) is 2.28. The molecule has 3 rings (SSSR count). The molecule has 0 aliphatic heterocycles. The van der Waals surface area contributed by atoms with Gasteiger partial charge in [-0.25, -0.2) is 0 Å². The zero-order valence-electron chi connectivity index (χ0n) is 11.5. The molecular weight excluding hydrogens is 240 g/mol. The third-order valence-electron chi connectivity index (χ3n) is 4.33. The monoisotopic (exact) mass is 264 g/mol. The summed E-state index contributed by atoms with van der Waals surface area (Å²) >= 11 is 1.97. The quantitative estimate of drug-likeness (QED) is 0.848. The molecule has 1 aromatic rings. The molecule has 2 nitrogen and oxygen atoms in total. The number of hydrogen-bond donors (Lipinski definition) is 1. The molecule has 2 fully saturated rings. The molecule has 0 unspecified atom stereocenters. The van der Waals surface area contributed by atoms with E-state index in [1.807, 2.05) is 11.3 Å². The van der Waals surface area contributed by atoms with Crippen LogP contribution in [-0.2, 0) is 13.1 Å². The minimum absolute atomic E-state index is 0.813. The van der Waals surface area contributed by atoms with E-state index >= 15 is 0 Å². The molecule has 0 bridgehead atoms. The Labute approximate surface area is 114 Å². The van der Waals surface area contributed by atoms with Gasteiger partial charge in [0.15, 0.2) is 0 Å².